The Kier molecular flexibility index (Phi) is 5.74. The molecule has 20 heavy (non-hydrogen) atoms. The molecule has 9 heteroatoms. The van der Waals surface area contributed by atoms with Gasteiger partial charge >= 0.3 is 12.4 Å². The molecule has 0 saturated carbocycles. The highest BCUT2D eigenvalue weighted by Crippen LogP contribution is 2.48. The second kappa shape index (κ2) is 6.53. The molecule has 0 amide bonds. The molecule has 1 atom stereocenters. The van der Waals surface area contributed by atoms with Crippen LogP contribution in [-0.2, 0) is 0 Å². The Morgan fingerprint density at radius 2 is 1.75 bits per heavy atom. The molecule has 0 saturated heterocycles. The minimum Gasteiger partial charge on any atom is -0.308 e. The highest BCUT2D eigenvalue weighted by atomic mass is 35.5. The van der Waals surface area contributed by atoms with E-state index in [4.69, 9.17) is 11.6 Å². The van der Waals surface area contributed by atoms with Crippen LogP contribution in [0.25, 0.3) is 0 Å². The molecule has 0 aliphatic carbocycles. The summed E-state index contributed by atoms with van der Waals surface area (Å²) in [5, 5.41) is 3.58. The zero-order valence-corrected chi connectivity index (χ0v) is 11.9. The Bertz CT molecular complexity index is 413. The van der Waals surface area contributed by atoms with E-state index in [1.807, 2.05) is 0 Å². The van der Waals surface area contributed by atoms with E-state index in [1.54, 1.807) is 6.92 Å². The first-order valence-corrected chi connectivity index (χ1v) is 6.94. The van der Waals surface area contributed by atoms with Crippen LogP contribution in [0.1, 0.15) is 24.3 Å². The standard InChI is InChI=1S/C11H12ClF6NS/c1-2-4-19-7(8-6(12)3-5-20-8)9(10(13,14)15)11(16,17)18/h3,5,7,9,19H,2,4H2,1H3. The monoisotopic (exact) mass is 339 g/mol. The van der Waals surface area contributed by atoms with Crippen LogP contribution in [-0.4, -0.2) is 18.9 Å². The molecule has 1 aromatic heterocycles. The van der Waals surface area contributed by atoms with Crippen LogP contribution in [0.3, 0.4) is 0 Å². The minimum atomic E-state index is -5.41. The minimum absolute atomic E-state index is 0.0293. The second-order valence-electron chi connectivity index (χ2n) is 4.13. The fraction of sp³-hybridized carbons (Fsp3) is 0.636. The largest absolute Gasteiger partial charge is 0.402 e. The molecule has 0 aliphatic rings. The summed E-state index contributed by atoms with van der Waals surface area (Å²) < 4.78 is 76.9. The first-order chi connectivity index (χ1) is 9.09. The van der Waals surface area contributed by atoms with Gasteiger partial charge in [-0.25, -0.2) is 0 Å². The molecule has 0 fully saturated rings. The predicted octanol–water partition coefficient (Wildman–Crippen LogP) is 5.18. The van der Waals surface area contributed by atoms with Crippen molar-refractivity contribution in [2.75, 3.05) is 6.54 Å². The van der Waals surface area contributed by atoms with Crippen molar-refractivity contribution >= 4 is 22.9 Å². The van der Waals surface area contributed by atoms with Crippen molar-refractivity contribution in [3.63, 3.8) is 0 Å². The van der Waals surface area contributed by atoms with Crippen molar-refractivity contribution < 1.29 is 26.3 Å². The summed E-state index contributed by atoms with van der Waals surface area (Å²) in [6.07, 6.45) is -10.4. The van der Waals surface area contributed by atoms with Crippen LogP contribution in [0.5, 0.6) is 0 Å². The van der Waals surface area contributed by atoms with E-state index in [9.17, 15) is 26.3 Å². The normalized spacial score (nSPS) is 14.8. The van der Waals surface area contributed by atoms with Crippen LogP contribution in [0, 0.1) is 5.92 Å². The van der Waals surface area contributed by atoms with Crippen LogP contribution in [0.4, 0.5) is 26.3 Å². The highest BCUT2D eigenvalue weighted by molar-refractivity contribution is 7.10. The lowest BCUT2D eigenvalue weighted by atomic mass is 9.96. The number of thiophene rings is 1. The Balaban J connectivity index is 3.22. The van der Waals surface area contributed by atoms with Crippen molar-refractivity contribution in [3.8, 4) is 0 Å². The zero-order chi connectivity index (χ0) is 15.6. The molecule has 1 unspecified atom stereocenters. The van der Waals surface area contributed by atoms with E-state index in [1.165, 1.54) is 11.4 Å². The van der Waals surface area contributed by atoms with E-state index >= 15 is 0 Å². The van der Waals surface area contributed by atoms with Gasteiger partial charge in [0.05, 0.1) is 11.1 Å². The molecule has 1 nitrogen and oxygen atoms in total. The summed E-state index contributed by atoms with van der Waals surface area (Å²) in [5.74, 6) is -3.49. The van der Waals surface area contributed by atoms with Gasteiger partial charge in [0.15, 0.2) is 5.92 Å². The van der Waals surface area contributed by atoms with Crippen molar-refractivity contribution in [1.82, 2.24) is 5.32 Å². The third-order valence-electron chi connectivity index (χ3n) is 2.58. The molecule has 0 spiro atoms. The number of halogens is 7. The lowest BCUT2D eigenvalue weighted by molar-refractivity contribution is -0.292. The number of rotatable bonds is 5. The van der Waals surface area contributed by atoms with Gasteiger partial charge < -0.3 is 5.32 Å². The van der Waals surface area contributed by atoms with Crippen LogP contribution >= 0.6 is 22.9 Å². The first kappa shape index (κ1) is 17.6. The predicted molar refractivity (Wildman–Crippen MR) is 66.0 cm³/mol. The molecule has 0 bridgehead atoms. The lowest BCUT2D eigenvalue weighted by Crippen LogP contribution is -2.45. The van der Waals surface area contributed by atoms with Gasteiger partial charge in [-0.15, -0.1) is 11.3 Å². The van der Waals surface area contributed by atoms with Gasteiger partial charge in [-0.3, -0.25) is 0 Å². The second-order valence-corrected chi connectivity index (χ2v) is 5.48. The number of hydrogen-bond acceptors (Lipinski definition) is 2. The Morgan fingerprint density at radius 3 is 2.10 bits per heavy atom. The maximum Gasteiger partial charge on any atom is 0.402 e. The van der Waals surface area contributed by atoms with E-state index in [2.05, 4.69) is 5.32 Å². The number of alkyl halides is 6. The molecule has 116 valence electrons. The maximum absolute atomic E-state index is 12.8. The van der Waals surface area contributed by atoms with Gasteiger partial charge in [0.1, 0.15) is 0 Å². The molecular weight excluding hydrogens is 328 g/mol. The molecular formula is C11H12ClF6NS. The van der Waals surface area contributed by atoms with Gasteiger partial charge in [-0.05, 0) is 24.4 Å². The summed E-state index contributed by atoms with van der Waals surface area (Å²) in [6.45, 7) is 1.68. The summed E-state index contributed by atoms with van der Waals surface area (Å²) >= 11 is 6.47. The lowest BCUT2D eigenvalue weighted by Gasteiger charge is -2.31. The average Bonchev–Trinajstić information content (AvgIpc) is 2.66. The van der Waals surface area contributed by atoms with Crippen LogP contribution in [0.2, 0.25) is 5.02 Å². The summed E-state index contributed by atoms with van der Waals surface area (Å²) in [7, 11) is 0. The Hall–Kier alpha value is -0.470. The van der Waals surface area contributed by atoms with E-state index in [0.29, 0.717) is 6.42 Å². The van der Waals surface area contributed by atoms with E-state index in [-0.39, 0.29) is 16.4 Å². The molecule has 0 radical (unpaired) electrons. The molecule has 0 aliphatic heterocycles. The molecule has 1 rings (SSSR count). The van der Waals surface area contributed by atoms with E-state index in [0.717, 1.165) is 11.3 Å². The smallest absolute Gasteiger partial charge is 0.308 e. The van der Waals surface area contributed by atoms with Gasteiger partial charge in [0.25, 0.3) is 0 Å². The summed E-state index contributed by atoms with van der Waals surface area (Å²) in [4.78, 5) is -0.153. The molecule has 1 aromatic rings. The number of hydrogen-bond donors (Lipinski definition) is 1. The van der Waals surface area contributed by atoms with Crippen molar-refractivity contribution in [3.05, 3.63) is 21.3 Å². The quantitative estimate of drug-likeness (QED) is 0.729. The summed E-state index contributed by atoms with van der Waals surface area (Å²) in [5.41, 5.74) is 0. The average molecular weight is 340 g/mol. The molecule has 1 N–H and O–H groups in total. The Morgan fingerprint density at radius 1 is 1.20 bits per heavy atom. The van der Waals surface area contributed by atoms with Crippen LogP contribution in [0.15, 0.2) is 11.4 Å². The van der Waals surface area contributed by atoms with E-state index < -0.39 is 24.3 Å². The first-order valence-electron chi connectivity index (χ1n) is 5.68. The van der Waals surface area contributed by atoms with Gasteiger partial charge in [-0.2, -0.15) is 26.3 Å². The highest BCUT2D eigenvalue weighted by Gasteiger charge is 2.60. The van der Waals surface area contributed by atoms with Crippen molar-refractivity contribution in [1.29, 1.82) is 0 Å². The maximum atomic E-state index is 12.8. The third kappa shape index (κ3) is 4.26. The summed E-state index contributed by atoms with van der Waals surface area (Å²) in [6, 6.07) is -0.645. The zero-order valence-electron chi connectivity index (χ0n) is 10.3. The van der Waals surface area contributed by atoms with Gasteiger partial charge in [0.2, 0.25) is 0 Å². The van der Waals surface area contributed by atoms with Gasteiger partial charge in [0, 0.05) is 4.88 Å². The van der Waals surface area contributed by atoms with Gasteiger partial charge in [-0.1, -0.05) is 18.5 Å². The van der Waals surface area contributed by atoms with Crippen molar-refractivity contribution in [2.24, 2.45) is 5.92 Å². The third-order valence-corrected chi connectivity index (χ3v) is 4.02. The topological polar surface area (TPSA) is 12.0 Å². The molecule has 0 aromatic carbocycles. The SMILES string of the molecule is CCCNC(c1sccc1Cl)C(C(F)(F)F)C(F)(F)F. The molecule has 1 heterocycles. The fourth-order valence-electron chi connectivity index (χ4n) is 1.75. The Labute approximate surface area is 120 Å². The fourth-order valence-corrected chi connectivity index (χ4v) is 3.04. The van der Waals surface area contributed by atoms with Crippen LogP contribution < -0.4 is 5.32 Å². The van der Waals surface area contributed by atoms with Crippen molar-refractivity contribution in [2.45, 2.75) is 31.7 Å². The number of nitrogens with one attached hydrogen (secondary N) is 1.